The molecule has 0 N–H and O–H groups in total. The van der Waals surface area contributed by atoms with Crippen molar-refractivity contribution in [1.82, 2.24) is 9.80 Å². The maximum atomic E-state index is 12.4. The van der Waals surface area contributed by atoms with Crippen molar-refractivity contribution in [3.05, 3.63) is 34.9 Å². The van der Waals surface area contributed by atoms with Gasteiger partial charge in [-0.25, -0.2) is 14.8 Å². The van der Waals surface area contributed by atoms with E-state index in [9.17, 15) is 4.79 Å². The van der Waals surface area contributed by atoms with Crippen LogP contribution >= 0.6 is 0 Å². The van der Waals surface area contributed by atoms with Crippen LogP contribution in [0.2, 0.25) is 0 Å². The Morgan fingerprint density at radius 1 is 1.03 bits per heavy atom. The summed E-state index contributed by atoms with van der Waals surface area (Å²) in [5.41, 5.74) is 3.79. The fraction of sp³-hybridized carbons (Fsp3) is 0.679. The molecule has 34 heavy (non-hydrogen) atoms. The largest absolute Gasteiger partial charge is 0.444 e. The van der Waals surface area contributed by atoms with Crippen molar-refractivity contribution in [2.45, 2.75) is 97.8 Å². The van der Waals surface area contributed by atoms with E-state index >= 15 is 0 Å². The van der Waals surface area contributed by atoms with Gasteiger partial charge in [0.15, 0.2) is 5.84 Å². The quantitative estimate of drug-likeness (QED) is 0.418. The van der Waals surface area contributed by atoms with E-state index in [-0.39, 0.29) is 23.1 Å². The van der Waals surface area contributed by atoms with Gasteiger partial charge in [-0.15, -0.1) is 0 Å². The summed E-state index contributed by atoms with van der Waals surface area (Å²) in [5, 5.41) is 0. The van der Waals surface area contributed by atoms with Crippen LogP contribution in [0.4, 0.5) is 4.79 Å². The lowest BCUT2D eigenvalue weighted by Gasteiger charge is -2.42. The van der Waals surface area contributed by atoms with Gasteiger partial charge in [0.1, 0.15) is 11.8 Å². The second kappa shape index (κ2) is 9.80. The first-order valence-electron chi connectivity index (χ1n) is 12.7. The van der Waals surface area contributed by atoms with E-state index in [1.54, 1.807) is 4.90 Å². The van der Waals surface area contributed by atoms with Crippen LogP contribution in [0.1, 0.15) is 91.8 Å². The maximum absolute atomic E-state index is 12.4. The molecule has 6 nitrogen and oxygen atoms in total. The van der Waals surface area contributed by atoms with Crippen molar-refractivity contribution in [1.29, 1.82) is 0 Å². The number of nitrogens with zero attached hydrogens (tertiary/aromatic N) is 4. The first kappa shape index (κ1) is 26.4. The van der Waals surface area contributed by atoms with E-state index in [0.717, 1.165) is 24.5 Å². The first-order valence-corrected chi connectivity index (χ1v) is 12.7. The second-order valence-corrected chi connectivity index (χ2v) is 12.0. The predicted molar refractivity (Wildman–Crippen MR) is 141 cm³/mol. The minimum atomic E-state index is -0.475. The van der Waals surface area contributed by atoms with E-state index in [4.69, 9.17) is 9.73 Å². The lowest BCUT2D eigenvalue weighted by molar-refractivity contribution is 0.0114. The van der Waals surface area contributed by atoms with E-state index in [1.807, 2.05) is 33.9 Å². The molecule has 0 saturated carbocycles. The van der Waals surface area contributed by atoms with Gasteiger partial charge in [0.2, 0.25) is 0 Å². The predicted octanol–water partition coefficient (Wildman–Crippen LogP) is 5.77. The summed E-state index contributed by atoms with van der Waals surface area (Å²) in [6.07, 6.45) is 3.94. The van der Waals surface area contributed by atoms with Gasteiger partial charge in [0.05, 0.1) is 0 Å². The SMILES string of the molecule is CC=N/C(=N\C(C)N1CCN(C(=O)OC(C)(C)C)CC1)c1ccc2c(c1)C(C)(C)CCC2(C)C. The number of hydrogen-bond donors (Lipinski definition) is 0. The normalized spacial score (nSPS) is 21.9. The highest BCUT2D eigenvalue weighted by Gasteiger charge is 2.37. The van der Waals surface area contributed by atoms with Gasteiger partial charge in [0, 0.05) is 38.0 Å². The molecule has 0 bridgehead atoms. The number of ether oxygens (including phenoxy) is 1. The molecule has 3 rings (SSSR count). The number of carbonyl (C=O) groups is 1. The summed E-state index contributed by atoms with van der Waals surface area (Å²) in [6.45, 7) is 21.9. The third kappa shape index (κ3) is 6.07. The zero-order valence-electron chi connectivity index (χ0n) is 22.7. The molecule has 1 atom stereocenters. The van der Waals surface area contributed by atoms with E-state index < -0.39 is 5.60 Å². The Bertz CT molecular complexity index is 948. The van der Waals surface area contributed by atoms with Crippen LogP contribution in [0.25, 0.3) is 0 Å². The molecule has 1 heterocycles. The third-order valence-corrected chi connectivity index (χ3v) is 7.17. The molecular formula is C28H44N4O2. The Kier molecular flexibility index (Phi) is 7.61. The van der Waals surface area contributed by atoms with Crippen molar-refractivity contribution >= 4 is 18.1 Å². The van der Waals surface area contributed by atoms with E-state index in [2.05, 4.69) is 62.7 Å². The molecule has 1 aliphatic carbocycles. The molecule has 1 aliphatic heterocycles. The first-order chi connectivity index (χ1) is 15.7. The number of rotatable bonds is 3. The van der Waals surface area contributed by atoms with Crippen LogP contribution < -0.4 is 0 Å². The minimum Gasteiger partial charge on any atom is -0.444 e. The minimum absolute atomic E-state index is 0.0278. The summed E-state index contributed by atoms with van der Waals surface area (Å²) < 4.78 is 5.53. The fourth-order valence-corrected chi connectivity index (χ4v) is 4.90. The molecule has 1 aromatic rings. The highest BCUT2D eigenvalue weighted by Crippen LogP contribution is 2.46. The molecule has 1 fully saturated rings. The molecular weight excluding hydrogens is 424 g/mol. The van der Waals surface area contributed by atoms with E-state index in [0.29, 0.717) is 13.1 Å². The molecule has 188 valence electrons. The molecule has 2 aliphatic rings. The van der Waals surface area contributed by atoms with Crippen LogP contribution in [0.5, 0.6) is 0 Å². The standard InChI is InChI=1S/C28H44N4O2/c1-10-29-24(21-11-12-22-23(19-21)28(8,9)14-13-27(22,6)7)30-20(2)31-15-17-32(18-16-31)25(33)34-26(3,4)5/h10-12,19-20H,13-18H2,1-9H3/b29-10?,30-24-. The smallest absolute Gasteiger partial charge is 0.410 e. The van der Waals surface area contributed by atoms with Crippen molar-refractivity contribution in [3.8, 4) is 0 Å². The molecule has 0 spiro atoms. The Balaban J connectivity index is 1.78. The highest BCUT2D eigenvalue weighted by molar-refractivity contribution is 6.03. The number of aliphatic imine (C=N–C) groups is 2. The van der Waals surface area contributed by atoms with Gasteiger partial charge in [0.25, 0.3) is 0 Å². The second-order valence-electron chi connectivity index (χ2n) is 12.0. The summed E-state index contributed by atoms with van der Waals surface area (Å²) in [7, 11) is 0. The number of fused-ring (bicyclic) bond motifs is 1. The van der Waals surface area contributed by atoms with Gasteiger partial charge in [-0.1, -0.05) is 39.8 Å². The topological polar surface area (TPSA) is 57.5 Å². The van der Waals surface area contributed by atoms with Crippen molar-refractivity contribution < 1.29 is 9.53 Å². The van der Waals surface area contributed by atoms with Crippen molar-refractivity contribution in [3.63, 3.8) is 0 Å². The lowest BCUT2D eigenvalue weighted by atomic mass is 9.63. The Morgan fingerprint density at radius 2 is 1.62 bits per heavy atom. The average molecular weight is 469 g/mol. The number of hydrogen-bond acceptors (Lipinski definition) is 4. The van der Waals surface area contributed by atoms with Gasteiger partial charge in [-0.3, -0.25) is 4.90 Å². The molecule has 0 radical (unpaired) electrons. The van der Waals surface area contributed by atoms with Crippen LogP contribution in [-0.2, 0) is 15.6 Å². The van der Waals surface area contributed by atoms with E-state index in [1.165, 1.54) is 24.0 Å². The summed E-state index contributed by atoms with van der Waals surface area (Å²) in [5.74, 6) is 0.770. The Hall–Kier alpha value is -2.21. The number of piperazine rings is 1. The third-order valence-electron chi connectivity index (χ3n) is 7.17. The molecule has 1 saturated heterocycles. The highest BCUT2D eigenvalue weighted by atomic mass is 16.6. The number of benzene rings is 1. The van der Waals surface area contributed by atoms with Crippen LogP contribution in [0, 0.1) is 0 Å². The maximum Gasteiger partial charge on any atom is 0.410 e. The zero-order chi connectivity index (χ0) is 25.3. The van der Waals surface area contributed by atoms with Crippen molar-refractivity contribution in [2.75, 3.05) is 26.2 Å². The fourth-order valence-electron chi connectivity index (χ4n) is 4.90. The summed E-state index contributed by atoms with van der Waals surface area (Å²) in [6, 6.07) is 6.78. The van der Waals surface area contributed by atoms with Crippen LogP contribution in [0.15, 0.2) is 28.2 Å². The molecule has 0 aromatic heterocycles. The number of amidine groups is 1. The van der Waals surface area contributed by atoms with Gasteiger partial charge >= 0.3 is 6.09 Å². The molecule has 1 amide bonds. The molecule has 1 aromatic carbocycles. The molecule has 1 unspecified atom stereocenters. The Morgan fingerprint density at radius 3 is 2.18 bits per heavy atom. The average Bonchev–Trinajstić information content (AvgIpc) is 2.75. The summed E-state index contributed by atoms with van der Waals surface area (Å²) in [4.78, 5) is 26.2. The number of carbonyl (C=O) groups excluding carboxylic acids is 1. The lowest BCUT2D eigenvalue weighted by Crippen LogP contribution is -2.52. The summed E-state index contributed by atoms with van der Waals surface area (Å²) >= 11 is 0. The van der Waals surface area contributed by atoms with Gasteiger partial charge < -0.3 is 9.64 Å². The van der Waals surface area contributed by atoms with Crippen LogP contribution in [0.3, 0.4) is 0 Å². The van der Waals surface area contributed by atoms with Gasteiger partial charge in [-0.05, 0) is 75.5 Å². The Labute approximate surface area is 206 Å². The van der Waals surface area contributed by atoms with Crippen LogP contribution in [-0.4, -0.2) is 65.9 Å². The number of amides is 1. The monoisotopic (exact) mass is 468 g/mol. The molecule has 6 heteroatoms. The zero-order valence-corrected chi connectivity index (χ0v) is 22.7. The van der Waals surface area contributed by atoms with Gasteiger partial charge in [-0.2, -0.15) is 0 Å². The van der Waals surface area contributed by atoms with Crippen molar-refractivity contribution in [2.24, 2.45) is 9.98 Å².